The highest BCUT2D eigenvalue weighted by Crippen LogP contribution is 2.38. The summed E-state index contributed by atoms with van der Waals surface area (Å²) in [5, 5.41) is 3.04. The number of anilines is 4. The number of hydrogen-bond acceptors (Lipinski definition) is 6. The lowest BCUT2D eigenvalue weighted by Crippen LogP contribution is -2.33. The number of nitrogens with one attached hydrogen (secondary N) is 1. The number of carbonyl (C=O) groups excluding carboxylic acids is 1. The van der Waals surface area contributed by atoms with Crippen molar-refractivity contribution in [2.45, 2.75) is 13.8 Å². The molecular weight excluding hydrogens is 334 g/mol. The van der Waals surface area contributed by atoms with E-state index in [4.69, 9.17) is 4.98 Å². The van der Waals surface area contributed by atoms with E-state index in [1.54, 1.807) is 12.3 Å². The lowest BCUT2D eigenvalue weighted by molar-refractivity contribution is 0.102. The van der Waals surface area contributed by atoms with E-state index in [0.29, 0.717) is 17.9 Å². The first-order chi connectivity index (χ1) is 12.2. The molecule has 0 spiro atoms. The van der Waals surface area contributed by atoms with Crippen molar-refractivity contribution in [2.75, 3.05) is 46.3 Å². The summed E-state index contributed by atoms with van der Waals surface area (Å²) in [5.74, 6) is 4.53. The second-order valence-corrected chi connectivity index (χ2v) is 7.39. The molecule has 25 heavy (non-hydrogen) atoms. The standard InChI is InChI=1S/C18H21N5OS/c1-3-23-16-13(5-4-6-19-16)18(24)21-15-12(2)11-14(20-17(15)23)22-7-9-25-10-8-22/h4-6,11H,3,7-10H2,1-2H3,(H,21,24). The number of fused-ring (bicyclic) bond motifs is 2. The maximum absolute atomic E-state index is 12.6. The van der Waals surface area contributed by atoms with Gasteiger partial charge in [0.25, 0.3) is 5.91 Å². The minimum absolute atomic E-state index is 0.132. The van der Waals surface area contributed by atoms with Gasteiger partial charge in [0.05, 0.1) is 11.3 Å². The fourth-order valence-corrected chi connectivity index (χ4v) is 4.22. The zero-order chi connectivity index (χ0) is 17.4. The number of pyridine rings is 2. The predicted molar refractivity (Wildman–Crippen MR) is 103 cm³/mol. The zero-order valence-corrected chi connectivity index (χ0v) is 15.3. The fraction of sp³-hybridized carbons (Fsp3) is 0.389. The van der Waals surface area contributed by atoms with E-state index in [-0.39, 0.29) is 5.91 Å². The molecule has 0 bridgehead atoms. The molecule has 0 atom stereocenters. The van der Waals surface area contributed by atoms with Crippen LogP contribution >= 0.6 is 11.8 Å². The first kappa shape index (κ1) is 16.2. The highest BCUT2D eigenvalue weighted by atomic mass is 32.2. The third kappa shape index (κ3) is 2.82. The van der Waals surface area contributed by atoms with Gasteiger partial charge in [0, 0.05) is 37.3 Å². The van der Waals surface area contributed by atoms with Crippen molar-refractivity contribution in [1.29, 1.82) is 0 Å². The average molecular weight is 355 g/mol. The number of aryl methyl sites for hydroxylation is 1. The molecule has 2 aliphatic heterocycles. The van der Waals surface area contributed by atoms with E-state index >= 15 is 0 Å². The number of thioether (sulfide) groups is 1. The molecule has 4 heterocycles. The number of nitrogens with zero attached hydrogens (tertiary/aromatic N) is 4. The lowest BCUT2D eigenvalue weighted by atomic mass is 10.2. The maximum atomic E-state index is 12.6. The summed E-state index contributed by atoms with van der Waals surface area (Å²) in [6, 6.07) is 5.68. The molecule has 2 aromatic rings. The number of amides is 1. The van der Waals surface area contributed by atoms with Crippen molar-refractivity contribution in [2.24, 2.45) is 0 Å². The van der Waals surface area contributed by atoms with Crippen molar-refractivity contribution in [1.82, 2.24) is 9.97 Å². The van der Waals surface area contributed by atoms with Gasteiger partial charge < -0.3 is 15.1 Å². The topological polar surface area (TPSA) is 61.4 Å². The maximum Gasteiger partial charge on any atom is 0.259 e. The molecule has 0 saturated carbocycles. The van der Waals surface area contributed by atoms with E-state index in [1.807, 2.05) is 29.7 Å². The average Bonchev–Trinajstić information content (AvgIpc) is 2.77. The normalized spacial score (nSPS) is 16.8. The van der Waals surface area contributed by atoms with Gasteiger partial charge in [0.15, 0.2) is 5.82 Å². The van der Waals surface area contributed by atoms with Crippen LogP contribution in [0.5, 0.6) is 0 Å². The molecule has 1 fully saturated rings. The van der Waals surface area contributed by atoms with E-state index in [2.05, 4.69) is 28.2 Å². The molecule has 7 heteroatoms. The summed E-state index contributed by atoms with van der Waals surface area (Å²) in [6.45, 7) is 6.78. The molecular formula is C18H21N5OS. The van der Waals surface area contributed by atoms with Crippen molar-refractivity contribution in [3.05, 3.63) is 35.5 Å². The summed E-state index contributed by atoms with van der Waals surface area (Å²) in [6.07, 6.45) is 1.72. The van der Waals surface area contributed by atoms with Crippen LogP contribution in [0.3, 0.4) is 0 Å². The Kier molecular flexibility index (Phi) is 4.25. The van der Waals surface area contributed by atoms with Gasteiger partial charge in [0.1, 0.15) is 11.6 Å². The molecule has 130 valence electrons. The van der Waals surface area contributed by atoms with Gasteiger partial charge in [-0.2, -0.15) is 11.8 Å². The Balaban J connectivity index is 1.86. The number of hydrogen-bond donors (Lipinski definition) is 1. The summed E-state index contributed by atoms with van der Waals surface area (Å²) >= 11 is 1.98. The molecule has 4 rings (SSSR count). The van der Waals surface area contributed by atoms with Crippen LogP contribution in [-0.2, 0) is 0 Å². The highest BCUT2D eigenvalue weighted by Gasteiger charge is 2.28. The van der Waals surface area contributed by atoms with Gasteiger partial charge in [-0.15, -0.1) is 0 Å². The Labute approximate surface area is 151 Å². The number of carbonyl (C=O) groups is 1. The Morgan fingerprint density at radius 1 is 1.28 bits per heavy atom. The summed E-state index contributed by atoms with van der Waals surface area (Å²) in [7, 11) is 0. The van der Waals surface area contributed by atoms with Crippen molar-refractivity contribution in [3.63, 3.8) is 0 Å². The number of rotatable bonds is 2. The van der Waals surface area contributed by atoms with Crippen LogP contribution in [-0.4, -0.2) is 47.0 Å². The monoisotopic (exact) mass is 355 g/mol. The molecule has 1 saturated heterocycles. The second kappa shape index (κ2) is 6.55. The summed E-state index contributed by atoms with van der Waals surface area (Å²) < 4.78 is 0. The Morgan fingerprint density at radius 3 is 2.84 bits per heavy atom. The van der Waals surface area contributed by atoms with Crippen LogP contribution in [0, 0.1) is 6.92 Å². The van der Waals surface area contributed by atoms with Crippen LogP contribution < -0.4 is 15.1 Å². The molecule has 2 aromatic heterocycles. The zero-order valence-electron chi connectivity index (χ0n) is 14.5. The number of aromatic nitrogens is 2. The molecule has 1 amide bonds. The van der Waals surface area contributed by atoms with E-state index in [1.165, 1.54) is 0 Å². The molecule has 1 N–H and O–H groups in total. The molecule has 0 aromatic carbocycles. The molecule has 6 nitrogen and oxygen atoms in total. The van der Waals surface area contributed by atoms with Gasteiger partial charge in [-0.25, -0.2) is 9.97 Å². The minimum atomic E-state index is -0.132. The van der Waals surface area contributed by atoms with Crippen LogP contribution in [0.15, 0.2) is 24.4 Å². The largest absolute Gasteiger partial charge is 0.355 e. The molecule has 2 aliphatic rings. The van der Waals surface area contributed by atoms with Crippen molar-refractivity contribution < 1.29 is 4.79 Å². The lowest BCUT2D eigenvalue weighted by Gasteiger charge is -2.30. The van der Waals surface area contributed by atoms with E-state index < -0.39 is 0 Å². The van der Waals surface area contributed by atoms with Crippen molar-refractivity contribution in [3.8, 4) is 0 Å². The Morgan fingerprint density at radius 2 is 2.08 bits per heavy atom. The predicted octanol–water partition coefficient (Wildman–Crippen LogP) is 3.06. The van der Waals surface area contributed by atoms with Crippen LogP contribution in [0.25, 0.3) is 0 Å². The van der Waals surface area contributed by atoms with Gasteiger partial charge in [-0.1, -0.05) is 0 Å². The van der Waals surface area contributed by atoms with Crippen LogP contribution in [0.1, 0.15) is 22.8 Å². The minimum Gasteiger partial charge on any atom is -0.355 e. The van der Waals surface area contributed by atoms with Gasteiger partial charge >= 0.3 is 0 Å². The van der Waals surface area contributed by atoms with Crippen LogP contribution in [0.4, 0.5) is 23.1 Å². The van der Waals surface area contributed by atoms with Crippen LogP contribution in [0.2, 0.25) is 0 Å². The second-order valence-electron chi connectivity index (χ2n) is 6.17. The van der Waals surface area contributed by atoms with Gasteiger partial charge in [-0.05, 0) is 37.6 Å². The van der Waals surface area contributed by atoms with E-state index in [9.17, 15) is 4.79 Å². The smallest absolute Gasteiger partial charge is 0.259 e. The first-order valence-corrected chi connectivity index (χ1v) is 9.72. The third-order valence-electron chi connectivity index (χ3n) is 4.62. The Bertz CT molecular complexity index is 819. The molecule has 0 aliphatic carbocycles. The molecule has 0 radical (unpaired) electrons. The van der Waals surface area contributed by atoms with Gasteiger partial charge in [-0.3, -0.25) is 4.79 Å². The van der Waals surface area contributed by atoms with Gasteiger partial charge in [0.2, 0.25) is 0 Å². The third-order valence-corrected chi connectivity index (χ3v) is 5.56. The summed E-state index contributed by atoms with van der Waals surface area (Å²) in [5.41, 5.74) is 2.38. The Hall–Kier alpha value is -2.28. The quantitative estimate of drug-likeness (QED) is 0.893. The highest BCUT2D eigenvalue weighted by molar-refractivity contribution is 7.99. The van der Waals surface area contributed by atoms with E-state index in [0.717, 1.165) is 47.5 Å². The molecule has 0 unspecified atom stereocenters. The van der Waals surface area contributed by atoms with Crippen molar-refractivity contribution >= 4 is 40.8 Å². The SMILES string of the molecule is CCN1c2ncccc2C(=O)Nc2c(C)cc(N3CCSCC3)nc21. The summed E-state index contributed by atoms with van der Waals surface area (Å²) in [4.78, 5) is 26.4. The first-order valence-electron chi connectivity index (χ1n) is 8.57. The fourth-order valence-electron chi connectivity index (χ4n) is 3.31.